The molecule has 0 radical (unpaired) electrons. The Labute approximate surface area is 92.9 Å². The molecule has 0 saturated heterocycles. The fourth-order valence-corrected chi connectivity index (χ4v) is 1.90. The van der Waals surface area contributed by atoms with Gasteiger partial charge in [0.1, 0.15) is 0 Å². The summed E-state index contributed by atoms with van der Waals surface area (Å²) in [5, 5.41) is 1.72. The predicted octanol–water partition coefficient (Wildman–Crippen LogP) is 2.22. The highest BCUT2D eigenvalue weighted by molar-refractivity contribution is 6.69. The average molecular weight is 224 g/mol. The lowest BCUT2D eigenvalue weighted by Gasteiger charge is -2.22. The van der Waals surface area contributed by atoms with Crippen molar-refractivity contribution >= 4 is 14.0 Å². The summed E-state index contributed by atoms with van der Waals surface area (Å²) in [5.74, 6) is 5.89. The molecule has 2 N–H and O–H groups in total. The van der Waals surface area contributed by atoms with Crippen LogP contribution < -0.4 is 10.9 Å². The summed E-state index contributed by atoms with van der Waals surface area (Å²) in [6, 6.07) is 9.93. The summed E-state index contributed by atoms with van der Waals surface area (Å²) in [6.45, 7) is 7.96. The highest BCUT2D eigenvalue weighted by Crippen LogP contribution is 2.09. The van der Waals surface area contributed by atoms with E-state index in [2.05, 4.69) is 19.6 Å². The first-order valence-electron chi connectivity index (χ1n) is 5.20. The molecule has 0 aliphatic heterocycles. The third-order valence-electron chi connectivity index (χ3n) is 1.96. The smallest absolute Gasteiger partial charge is 0.183 e. The molecule has 0 aliphatic carbocycles. The van der Waals surface area contributed by atoms with E-state index in [1.807, 2.05) is 30.3 Å². The first-order valence-corrected chi connectivity index (χ1v) is 8.61. The van der Waals surface area contributed by atoms with Crippen molar-refractivity contribution in [3.8, 4) is 0 Å². The topological polar surface area (TPSA) is 38.5 Å². The number of nitrogens with two attached hydrogens (primary N) is 1. The van der Waals surface area contributed by atoms with Gasteiger partial charge >= 0.3 is 0 Å². The van der Waals surface area contributed by atoms with Crippen molar-refractivity contribution < 1.29 is 4.43 Å². The fourth-order valence-electron chi connectivity index (χ4n) is 1.20. The SMILES string of the molecule is C[Si](C)(C)OCCN(N)c1ccccc1. The molecule has 84 valence electrons. The zero-order valence-corrected chi connectivity index (χ0v) is 10.7. The van der Waals surface area contributed by atoms with Gasteiger partial charge in [0.2, 0.25) is 0 Å². The van der Waals surface area contributed by atoms with Crippen LogP contribution in [-0.2, 0) is 4.43 Å². The summed E-state index contributed by atoms with van der Waals surface area (Å²) in [5.41, 5.74) is 1.02. The Bertz CT molecular complexity index is 284. The van der Waals surface area contributed by atoms with E-state index in [1.165, 1.54) is 0 Å². The maximum atomic E-state index is 5.89. The molecule has 1 aromatic carbocycles. The number of anilines is 1. The van der Waals surface area contributed by atoms with E-state index in [0.29, 0.717) is 6.61 Å². The third kappa shape index (κ3) is 4.97. The molecule has 1 aromatic rings. The van der Waals surface area contributed by atoms with Gasteiger partial charge in [-0.05, 0) is 31.8 Å². The Morgan fingerprint density at radius 3 is 2.33 bits per heavy atom. The van der Waals surface area contributed by atoms with Gasteiger partial charge in [0.25, 0.3) is 0 Å². The summed E-state index contributed by atoms with van der Waals surface area (Å²) >= 11 is 0. The zero-order chi connectivity index (χ0) is 11.3. The second kappa shape index (κ2) is 5.30. The molecule has 0 heterocycles. The van der Waals surface area contributed by atoms with E-state index < -0.39 is 8.32 Å². The van der Waals surface area contributed by atoms with E-state index >= 15 is 0 Å². The Morgan fingerprint density at radius 1 is 1.20 bits per heavy atom. The summed E-state index contributed by atoms with van der Waals surface area (Å²) in [4.78, 5) is 0. The van der Waals surface area contributed by atoms with Gasteiger partial charge in [0, 0.05) is 0 Å². The first-order chi connectivity index (χ1) is 6.99. The second-order valence-corrected chi connectivity index (χ2v) is 9.00. The minimum atomic E-state index is -1.41. The molecule has 4 heteroatoms. The molecule has 1 rings (SSSR count). The largest absolute Gasteiger partial charge is 0.416 e. The van der Waals surface area contributed by atoms with Crippen molar-refractivity contribution in [1.29, 1.82) is 0 Å². The number of hydrogen-bond acceptors (Lipinski definition) is 3. The molecular weight excluding hydrogens is 204 g/mol. The van der Waals surface area contributed by atoms with Gasteiger partial charge in [-0.25, -0.2) is 5.84 Å². The number of hydrazine groups is 1. The van der Waals surface area contributed by atoms with Gasteiger partial charge in [0.15, 0.2) is 8.32 Å². The molecule has 0 fully saturated rings. The fraction of sp³-hybridized carbons (Fsp3) is 0.455. The van der Waals surface area contributed by atoms with Crippen molar-refractivity contribution in [2.75, 3.05) is 18.2 Å². The monoisotopic (exact) mass is 224 g/mol. The minimum Gasteiger partial charge on any atom is -0.416 e. The van der Waals surface area contributed by atoms with Crippen LogP contribution in [0.25, 0.3) is 0 Å². The highest BCUT2D eigenvalue weighted by Gasteiger charge is 2.13. The average Bonchev–Trinajstić information content (AvgIpc) is 2.17. The van der Waals surface area contributed by atoms with Gasteiger partial charge < -0.3 is 9.43 Å². The van der Waals surface area contributed by atoms with E-state index in [1.54, 1.807) is 5.01 Å². The molecule has 0 spiro atoms. The Hall–Kier alpha value is -0.843. The number of rotatable bonds is 5. The minimum absolute atomic E-state index is 0.696. The maximum absolute atomic E-state index is 5.89. The van der Waals surface area contributed by atoms with Crippen LogP contribution >= 0.6 is 0 Å². The van der Waals surface area contributed by atoms with Crippen LogP contribution in [0.1, 0.15) is 0 Å². The molecule has 0 saturated carbocycles. The molecule has 0 bridgehead atoms. The van der Waals surface area contributed by atoms with E-state index in [0.717, 1.165) is 12.2 Å². The van der Waals surface area contributed by atoms with Crippen LogP contribution in [0.15, 0.2) is 30.3 Å². The quantitative estimate of drug-likeness (QED) is 0.473. The normalized spacial score (nSPS) is 11.5. The lowest BCUT2D eigenvalue weighted by molar-refractivity contribution is 0.318. The van der Waals surface area contributed by atoms with E-state index in [-0.39, 0.29) is 0 Å². The lowest BCUT2D eigenvalue weighted by atomic mass is 10.3. The zero-order valence-electron chi connectivity index (χ0n) is 9.73. The molecular formula is C11H20N2OSi. The third-order valence-corrected chi connectivity index (χ3v) is 3.03. The molecule has 0 unspecified atom stereocenters. The molecule has 3 nitrogen and oxygen atoms in total. The molecule has 0 aromatic heterocycles. The lowest BCUT2D eigenvalue weighted by Crippen LogP contribution is -2.37. The van der Waals surface area contributed by atoms with Crippen LogP contribution in [0.5, 0.6) is 0 Å². The van der Waals surface area contributed by atoms with E-state index in [4.69, 9.17) is 10.3 Å². The van der Waals surface area contributed by atoms with Crippen molar-refractivity contribution in [3.63, 3.8) is 0 Å². The van der Waals surface area contributed by atoms with Gasteiger partial charge in [0.05, 0.1) is 18.8 Å². The van der Waals surface area contributed by atoms with Crippen molar-refractivity contribution in [1.82, 2.24) is 0 Å². The summed E-state index contributed by atoms with van der Waals surface area (Å²) in [6.07, 6.45) is 0. The van der Waals surface area contributed by atoms with Gasteiger partial charge in [-0.3, -0.25) is 0 Å². The van der Waals surface area contributed by atoms with Crippen molar-refractivity contribution in [3.05, 3.63) is 30.3 Å². The van der Waals surface area contributed by atoms with Crippen LogP contribution in [0.2, 0.25) is 19.6 Å². The number of nitrogens with zero attached hydrogens (tertiary/aromatic N) is 1. The van der Waals surface area contributed by atoms with E-state index in [9.17, 15) is 0 Å². The van der Waals surface area contributed by atoms with Crippen molar-refractivity contribution in [2.24, 2.45) is 5.84 Å². The Kier molecular flexibility index (Phi) is 4.32. The standard InChI is InChI=1S/C11H20N2OSi/c1-15(2,3)14-10-9-13(12)11-7-5-4-6-8-11/h4-8H,9-10,12H2,1-3H3. The Balaban J connectivity index is 2.34. The molecule has 0 aliphatic rings. The van der Waals surface area contributed by atoms with Crippen LogP contribution in [0.4, 0.5) is 5.69 Å². The first kappa shape index (κ1) is 12.2. The highest BCUT2D eigenvalue weighted by atomic mass is 28.4. The van der Waals surface area contributed by atoms with Crippen LogP contribution in [-0.4, -0.2) is 21.5 Å². The molecule has 15 heavy (non-hydrogen) atoms. The second-order valence-electron chi connectivity index (χ2n) is 4.49. The predicted molar refractivity (Wildman–Crippen MR) is 67.3 cm³/mol. The van der Waals surface area contributed by atoms with Crippen molar-refractivity contribution in [2.45, 2.75) is 19.6 Å². The van der Waals surface area contributed by atoms with Crippen LogP contribution in [0, 0.1) is 0 Å². The van der Waals surface area contributed by atoms with Gasteiger partial charge in [-0.15, -0.1) is 0 Å². The molecule has 0 atom stereocenters. The van der Waals surface area contributed by atoms with Gasteiger partial charge in [-0.2, -0.15) is 0 Å². The maximum Gasteiger partial charge on any atom is 0.183 e. The van der Waals surface area contributed by atoms with Crippen LogP contribution in [0.3, 0.4) is 0 Å². The summed E-state index contributed by atoms with van der Waals surface area (Å²) in [7, 11) is -1.41. The summed E-state index contributed by atoms with van der Waals surface area (Å²) < 4.78 is 5.74. The number of benzene rings is 1. The Morgan fingerprint density at radius 2 is 1.80 bits per heavy atom. The number of hydrogen-bond donors (Lipinski definition) is 1. The van der Waals surface area contributed by atoms with Gasteiger partial charge in [-0.1, -0.05) is 18.2 Å². The number of para-hydroxylation sites is 1. The molecule has 0 amide bonds.